The number of carbonyl (C=O) groups excluding carboxylic acids is 1. The van der Waals surface area contributed by atoms with E-state index in [0.29, 0.717) is 22.5 Å². The van der Waals surface area contributed by atoms with E-state index in [4.69, 9.17) is 4.42 Å². The normalized spacial score (nSPS) is 11.4. The summed E-state index contributed by atoms with van der Waals surface area (Å²) < 4.78 is 7.96. The van der Waals surface area contributed by atoms with Gasteiger partial charge in [-0.25, -0.2) is 0 Å². The summed E-state index contributed by atoms with van der Waals surface area (Å²) in [5, 5.41) is 8.53. The topological polar surface area (TPSA) is 75.8 Å². The van der Waals surface area contributed by atoms with E-state index >= 15 is 0 Å². The maximum Gasteiger partial charge on any atom is 0.267 e. The highest BCUT2D eigenvalue weighted by molar-refractivity contribution is 9.10. The molecule has 0 saturated carbocycles. The molecule has 0 radical (unpaired) electrons. The van der Waals surface area contributed by atoms with Crippen LogP contribution in [0.3, 0.4) is 0 Å². The van der Waals surface area contributed by atoms with E-state index in [1.807, 2.05) is 35.1 Å². The number of halogens is 1. The molecular weight excluding hydrogens is 372 g/mol. The molecule has 0 aliphatic rings. The number of amides is 1. The molecule has 0 atom stereocenters. The molecule has 0 spiro atoms. The van der Waals surface area contributed by atoms with Crippen LogP contribution in [0.2, 0.25) is 0 Å². The van der Waals surface area contributed by atoms with Crippen molar-refractivity contribution < 1.29 is 9.21 Å². The molecule has 0 fully saturated rings. The Morgan fingerprint density at radius 2 is 2.21 bits per heavy atom. The molecule has 4 aromatic rings. The van der Waals surface area contributed by atoms with Crippen LogP contribution in [0, 0.1) is 0 Å². The summed E-state index contributed by atoms with van der Waals surface area (Å²) in [4.78, 5) is 15.2. The predicted molar refractivity (Wildman–Crippen MR) is 94.9 cm³/mol. The van der Waals surface area contributed by atoms with Gasteiger partial charge in [0.2, 0.25) is 0 Å². The van der Waals surface area contributed by atoms with Crippen LogP contribution < -0.4 is 5.32 Å². The summed E-state index contributed by atoms with van der Waals surface area (Å²) in [5.74, 6) is -0.136. The van der Waals surface area contributed by atoms with Crippen LogP contribution in [0.1, 0.15) is 16.9 Å². The average molecular weight is 387 g/mol. The van der Waals surface area contributed by atoms with E-state index < -0.39 is 0 Å². The first kappa shape index (κ1) is 15.0. The van der Waals surface area contributed by atoms with E-state index in [1.165, 1.54) is 0 Å². The smallest absolute Gasteiger partial charge is 0.267 e. The highest BCUT2D eigenvalue weighted by Crippen LogP contribution is 2.23. The maximum absolute atomic E-state index is 12.1. The molecular formula is C17H15BrN4O2. The van der Waals surface area contributed by atoms with Crippen molar-refractivity contribution in [1.82, 2.24) is 20.1 Å². The van der Waals surface area contributed by atoms with Gasteiger partial charge in [-0.2, -0.15) is 5.10 Å². The van der Waals surface area contributed by atoms with Crippen molar-refractivity contribution in [3.05, 3.63) is 53.0 Å². The van der Waals surface area contributed by atoms with Crippen molar-refractivity contribution in [3.8, 4) is 0 Å². The standard InChI is InChI=1S/C17H15BrN4O2/c18-16-9-13-15(24-16)8-14(20-13)17(23)19-6-3-7-22-10-11-4-1-2-5-12(11)21-22/h1-2,4-5,8-10,20H,3,6-7H2,(H,19,23). The lowest BCUT2D eigenvalue weighted by molar-refractivity contribution is 0.0948. The first-order valence-electron chi connectivity index (χ1n) is 7.67. The first-order chi connectivity index (χ1) is 11.7. The van der Waals surface area contributed by atoms with Gasteiger partial charge in [-0.1, -0.05) is 18.2 Å². The number of aromatic nitrogens is 3. The van der Waals surface area contributed by atoms with Gasteiger partial charge in [-0.05, 0) is 28.4 Å². The molecule has 24 heavy (non-hydrogen) atoms. The minimum Gasteiger partial charge on any atom is -0.448 e. The molecule has 1 amide bonds. The fourth-order valence-corrected chi connectivity index (χ4v) is 3.09. The third-order valence-corrected chi connectivity index (χ3v) is 4.22. The van der Waals surface area contributed by atoms with Gasteiger partial charge in [0.05, 0.1) is 11.0 Å². The molecule has 6 nitrogen and oxygen atoms in total. The van der Waals surface area contributed by atoms with Gasteiger partial charge in [0.25, 0.3) is 5.91 Å². The molecule has 0 saturated heterocycles. The van der Waals surface area contributed by atoms with Gasteiger partial charge >= 0.3 is 0 Å². The number of nitrogens with one attached hydrogen (secondary N) is 2. The number of nitrogens with zero attached hydrogens (tertiary/aromatic N) is 2. The largest absolute Gasteiger partial charge is 0.448 e. The summed E-state index contributed by atoms with van der Waals surface area (Å²) in [7, 11) is 0. The van der Waals surface area contributed by atoms with Gasteiger partial charge in [-0.15, -0.1) is 0 Å². The molecule has 122 valence electrons. The van der Waals surface area contributed by atoms with Gasteiger partial charge in [-0.3, -0.25) is 9.48 Å². The Labute approximate surface area is 146 Å². The maximum atomic E-state index is 12.1. The van der Waals surface area contributed by atoms with Crippen molar-refractivity contribution >= 4 is 43.8 Å². The molecule has 0 aliphatic carbocycles. The number of fused-ring (bicyclic) bond motifs is 2. The lowest BCUT2D eigenvalue weighted by atomic mass is 10.3. The van der Waals surface area contributed by atoms with Crippen molar-refractivity contribution in [1.29, 1.82) is 0 Å². The third kappa shape index (κ3) is 2.94. The highest BCUT2D eigenvalue weighted by atomic mass is 79.9. The number of H-pyrrole nitrogens is 1. The van der Waals surface area contributed by atoms with E-state index in [0.717, 1.165) is 29.4 Å². The summed E-state index contributed by atoms with van der Waals surface area (Å²) in [6, 6.07) is 11.5. The SMILES string of the molecule is O=C(NCCCn1cc2ccccc2n1)c1cc2oc(Br)cc2[nH]1. The third-order valence-electron chi connectivity index (χ3n) is 3.83. The van der Waals surface area contributed by atoms with Crippen LogP contribution in [0.4, 0.5) is 0 Å². The number of furan rings is 1. The summed E-state index contributed by atoms with van der Waals surface area (Å²) in [5.41, 5.74) is 2.95. The quantitative estimate of drug-likeness (QED) is 0.513. The second-order valence-corrected chi connectivity index (χ2v) is 6.35. The van der Waals surface area contributed by atoms with Crippen LogP contribution in [0.15, 0.2) is 51.7 Å². The molecule has 3 aromatic heterocycles. The predicted octanol–water partition coefficient (Wildman–Crippen LogP) is 3.69. The van der Waals surface area contributed by atoms with E-state index in [2.05, 4.69) is 31.3 Å². The number of aryl methyl sites for hydroxylation is 1. The van der Waals surface area contributed by atoms with Crippen LogP contribution in [0.5, 0.6) is 0 Å². The minimum absolute atomic E-state index is 0.136. The molecule has 0 unspecified atom stereocenters. The van der Waals surface area contributed by atoms with Crippen LogP contribution in [-0.4, -0.2) is 27.2 Å². The zero-order valence-electron chi connectivity index (χ0n) is 12.8. The molecule has 4 rings (SSSR count). The number of rotatable bonds is 5. The highest BCUT2D eigenvalue weighted by Gasteiger charge is 2.12. The zero-order chi connectivity index (χ0) is 16.5. The molecule has 0 bridgehead atoms. The Hall–Kier alpha value is -2.54. The van der Waals surface area contributed by atoms with Gasteiger partial charge in [0.15, 0.2) is 10.3 Å². The van der Waals surface area contributed by atoms with Gasteiger partial charge in [0, 0.05) is 36.8 Å². The summed E-state index contributed by atoms with van der Waals surface area (Å²) in [6.07, 6.45) is 2.83. The zero-order valence-corrected chi connectivity index (χ0v) is 14.3. The lowest BCUT2D eigenvalue weighted by Crippen LogP contribution is -2.25. The fourth-order valence-electron chi connectivity index (χ4n) is 2.68. The lowest BCUT2D eigenvalue weighted by Gasteiger charge is -2.04. The number of hydrogen-bond acceptors (Lipinski definition) is 3. The Morgan fingerprint density at radius 3 is 3.04 bits per heavy atom. The molecule has 0 aliphatic heterocycles. The molecule has 3 heterocycles. The van der Waals surface area contributed by atoms with E-state index in [9.17, 15) is 4.79 Å². The Bertz CT molecular complexity index is 950. The summed E-state index contributed by atoms with van der Waals surface area (Å²) >= 11 is 3.26. The number of hydrogen-bond donors (Lipinski definition) is 2. The van der Waals surface area contributed by atoms with Gasteiger partial charge in [0.1, 0.15) is 5.69 Å². The first-order valence-corrected chi connectivity index (χ1v) is 8.47. The van der Waals surface area contributed by atoms with Crippen molar-refractivity contribution in [2.24, 2.45) is 0 Å². The number of carbonyl (C=O) groups is 1. The van der Waals surface area contributed by atoms with Gasteiger partial charge < -0.3 is 14.7 Å². The van der Waals surface area contributed by atoms with Crippen molar-refractivity contribution in [2.45, 2.75) is 13.0 Å². The Balaban J connectivity index is 1.31. The number of aromatic amines is 1. The second kappa shape index (κ2) is 6.16. The Kier molecular flexibility index (Phi) is 3.86. The van der Waals surface area contributed by atoms with Crippen LogP contribution in [0.25, 0.3) is 22.0 Å². The average Bonchev–Trinajstić information content (AvgIpc) is 3.22. The van der Waals surface area contributed by atoms with Crippen molar-refractivity contribution in [3.63, 3.8) is 0 Å². The Morgan fingerprint density at radius 1 is 1.33 bits per heavy atom. The van der Waals surface area contributed by atoms with E-state index in [-0.39, 0.29) is 5.91 Å². The van der Waals surface area contributed by atoms with Crippen molar-refractivity contribution in [2.75, 3.05) is 6.54 Å². The van der Waals surface area contributed by atoms with E-state index in [1.54, 1.807) is 12.1 Å². The minimum atomic E-state index is -0.136. The monoisotopic (exact) mass is 386 g/mol. The molecule has 7 heteroatoms. The molecule has 2 N–H and O–H groups in total. The summed E-state index contributed by atoms with van der Waals surface area (Å²) in [6.45, 7) is 1.34. The van der Waals surface area contributed by atoms with Crippen LogP contribution in [-0.2, 0) is 6.54 Å². The fraction of sp³-hybridized carbons (Fsp3) is 0.176. The number of benzene rings is 1. The van der Waals surface area contributed by atoms with Crippen LogP contribution >= 0.6 is 15.9 Å². The second-order valence-electron chi connectivity index (χ2n) is 5.57. The molecule has 1 aromatic carbocycles.